The summed E-state index contributed by atoms with van der Waals surface area (Å²) in [6.07, 6.45) is -2.21. The smallest absolute Gasteiger partial charge is 0.338 e. The molecule has 0 spiro atoms. The van der Waals surface area contributed by atoms with E-state index < -0.39 is 29.0 Å². The Labute approximate surface area is 170 Å². The Morgan fingerprint density at radius 1 is 1.04 bits per heavy atom. The maximum Gasteiger partial charge on any atom is 0.338 e. The first kappa shape index (κ1) is 21.6. The lowest BCUT2D eigenvalue weighted by atomic mass is 10.1. The van der Waals surface area contributed by atoms with E-state index in [-0.39, 0.29) is 12.2 Å². The van der Waals surface area contributed by atoms with Crippen molar-refractivity contribution in [2.24, 2.45) is 5.16 Å². The number of halogens is 2. The van der Waals surface area contributed by atoms with E-state index >= 15 is 0 Å². The summed E-state index contributed by atoms with van der Waals surface area (Å²) in [4.78, 5) is 28.0. The van der Waals surface area contributed by atoms with Crippen molar-refractivity contribution >= 4 is 34.1 Å². The van der Waals surface area contributed by atoms with E-state index in [1.807, 2.05) is 0 Å². The lowest BCUT2D eigenvalue weighted by molar-refractivity contribution is 0.00846. The number of carbonyl (C=O) groups excluding carboxylic acids is 2. The predicted octanol–water partition coefficient (Wildman–Crippen LogP) is 3.80. The molecule has 0 radical (unpaired) electrons. The second-order valence-electron chi connectivity index (χ2n) is 5.60. The number of nitrogens with zero attached hydrogens (tertiary/aromatic N) is 1. The fourth-order valence-corrected chi connectivity index (χ4v) is 2.75. The molecule has 0 aliphatic rings. The molecule has 0 saturated heterocycles. The minimum atomic E-state index is -1.78. The highest BCUT2D eigenvalue weighted by molar-refractivity contribution is 9.09. The Bertz CT molecular complexity index is 788. The fourth-order valence-electron chi connectivity index (χ4n) is 2.22. The Morgan fingerprint density at radius 2 is 1.57 bits per heavy atom. The molecule has 6 nitrogen and oxygen atoms in total. The molecule has 0 unspecified atom stereocenters. The van der Waals surface area contributed by atoms with Crippen molar-refractivity contribution in [3.05, 3.63) is 71.8 Å². The van der Waals surface area contributed by atoms with Gasteiger partial charge in [0.25, 0.3) is 0 Å². The second kappa shape index (κ2) is 11.2. The van der Waals surface area contributed by atoms with Gasteiger partial charge in [-0.05, 0) is 24.3 Å². The van der Waals surface area contributed by atoms with Crippen LogP contribution in [0.1, 0.15) is 20.7 Å². The molecule has 28 heavy (non-hydrogen) atoms. The van der Waals surface area contributed by atoms with Gasteiger partial charge in [-0.2, -0.15) is 0 Å². The zero-order valence-electron chi connectivity index (χ0n) is 15.0. The van der Waals surface area contributed by atoms with Gasteiger partial charge in [0, 0.05) is 0 Å². The van der Waals surface area contributed by atoms with Crippen LogP contribution in [0.25, 0.3) is 0 Å². The normalized spacial score (nSPS) is 14.1. The van der Waals surface area contributed by atoms with Crippen molar-refractivity contribution in [3.8, 4) is 0 Å². The van der Waals surface area contributed by atoms with E-state index in [4.69, 9.17) is 9.47 Å². The molecular weight excluding hydrogens is 433 g/mol. The summed E-state index contributed by atoms with van der Waals surface area (Å²) >= 11 is 3.24. The van der Waals surface area contributed by atoms with Crippen LogP contribution in [0.15, 0.2) is 65.8 Å². The maximum atomic E-state index is 14.6. The lowest BCUT2D eigenvalue weighted by Crippen LogP contribution is -2.39. The molecular formula is C20H19BrFNO5. The molecule has 2 aromatic carbocycles. The van der Waals surface area contributed by atoms with Gasteiger partial charge in [-0.15, -0.1) is 0 Å². The summed E-state index contributed by atoms with van der Waals surface area (Å²) in [6.45, 7) is -0.221. The van der Waals surface area contributed by atoms with Gasteiger partial charge in [0.15, 0.2) is 12.3 Å². The Balaban J connectivity index is 2.05. The quantitative estimate of drug-likeness (QED) is 0.251. The summed E-state index contributed by atoms with van der Waals surface area (Å²) < 4.78 is 25.0. The number of hydrogen-bond donors (Lipinski definition) is 0. The summed E-state index contributed by atoms with van der Waals surface area (Å²) in [5, 5.41) is 3.38. The third-order valence-electron chi connectivity index (χ3n) is 3.61. The van der Waals surface area contributed by atoms with Crippen molar-refractivity contribution in [1.82, 2.24) is 0 Å². The largest absolute Gasteiger partial charge is 0.461 e. The van der Waals surface area contributed by atoms with E-state index in [1.165, 1.54) is 7.11 Å². The van der Waals surface area contributed by atoms with Crippen LogP contribution in [0.3, 0.4) is 0 Å². The zero-order chi connectivity index (χ0) is 20.4. The summed E-state index contributed by atoms with van der Waals surface area (Å²) in [7, 11) is 1.27. The Hall–Kier alpha value is -2.74. The molecule has 0 fully saturated rings. The highest BCUT2D eigenvalue weighted by Crippen LogP contribution is 2.19. The number of ether oxygens (including phenoxy) is 2. The predicted molar refractivity (Wildman–Crippen MR) is 105 cm³/mol. The van der Waals surface area contributed by atoms with Crippen molar-refractivity contribution in [2.45, 2.75) is 17.1 Å². The van der Waals surface area contributed by atoms with Gasteiger partial charge in [0.05, 0.1) is 22.2 Å². The number of hydrogen-bond acceptors (Lipinski definition) is 6. The number of esters is 2. The second-order valence-corrected chi connectivity index (χ2v) is 6.77. The summed E-state index contributed by atoms with van der Waals surface area (Å²) in [6, 6.07) is 16.5. The van der Waals surface area contributed by atoms with Gasteiger partial charge in [-0.1, -0.05) is 57.5 Å². The average molecular weight is 452 g/mol. The van der Waals surface area contributed by atoms with Crippen LogP contribution in [0.4, 0.5) is 4.39 Å². The third-order valence-corrected chi connectivity index (χ3v) is 4.40. The van der Waals surface area contributed by atoms with Gasteiger partial charge < -0.3 is 14.3 Å². The summed E-state index contributed by atoms with van der Waals surface area (Å²) in [5.41, 5.74) is 0.627. The summed E-state index contributed by atoms with van der Waals surface area (Å²) in [5.74, 6) is -1.28. The number of rotatable bonds is 9. The van der Waals surface area contributed by atoms with Gasteiger partial charge in [-0.3, -0.25) is 0 Å². The van der Waals surface area contributed by atoms with Gasteiger partial charge >= 0.3 is 11.9 Å². The van der Waals surface area contributed by atoms with E-state index in [1.54, 1.807) is 60.7 Å². The molecule has 0 aliphatic carbocycles. The number of benzene rings is 2. The monoisotopic (exact) mass is 451 g/mol. The minimum absolute atomic E-state index is 0.221. The van der Waals surface area contributed by atoms with Crippen LogP contribution >= 0.6 is 15.9 Å². The highest BCUT2D eigenvalue weighted by Gasteiger charge is 2.32. The average Bonchev–Trinajstić information content (AvgIpc) is 2.74. The van der Waals surface area contributed by atoms with Crippen LogP contribution in [0.5, 0.6) is 0 Å². The first-order valence-electron chi connectivity index (χ1n) is 8.36. The van der Waals surface area contributed by atoms with E-state index in [0.29, 0.717) is 5.56 Å². The maximum absolute atomic E-state index is 14.6. The molecule has 0 aromatic heterocycles. The number of alkyl halides is 2. The Kier molecular flexibility index (Phi) is 8.61. The lowest BCUT2D eigenvalue weighted by Gasteiger charge is -2.24. The standard InChI is InChI=1S/C20H19BrFNO5/c1-26-23-12-17(22)18(28-20(25)15-10-6-3-7-11-15)16(21)13-27-19(24)14-8-4-2-5-9-14/h2-12,16-18H,13H2,1H3/t16-,17+,18-/m1/s1. The first-order valence-corrected chi connectivity index (χ1v) is 9.27. The van der Waals surface area contributed by atoms with Gasteiger partial charge in [0.1, 0.15) is 13.7 Å². The molecule has 2 rings (SSSR count). The number of carbonyl (C=O) groups is 2. The van der Waals surface area contributed by atoms with E-state index in [9.17, 15) is 14.0 Å². The Morgan fingerprint density at radius 3 is 2.11 bits per heavy atom. The first-order chi connectivity index (χ1) is 13.5. The topological polar surface area (TPSA) is 74.2 Å². The molecule has 0 bridgehead atoms. The number of oxime groups is 1. The SMILES string of the molecule is CON=C[C@H](F)[C@H](OC(=O)c1ccccc1)[C@H](Br)COC(=O)c1ccccc1. The molecule has 0 saturated carbocycles. The van der Waals surface area contributed by atoms with Crippen molar-refractivity contribution < 1.29 is 28.3 Å². The molecule has 0 amide bonds. The van der Waals surface area contributed by atoms with E-state index in [2.05, 4.69) is 25.9 Å². The molecule has 0 heterocycles. The molecule has 0 N–H and O–H groups in total. The highest BCUT2D eigenvalue weighted by atomic mass is 79.9. The van der Waals surface area contributed by atoms with E-state index in [0.717, 1.165) is 6.21 Å². The van der Waals surface area contributed by atoms with Crippen LogP contribution in [0.2, 0.25) is 0 Å². The molecule has 148 valence electrons. The molecule has 0 aliphatic heterocycles. The zero-order valence-corrected chi connectivity index (χ0v) is 16.6. The third kappa shape index (κ3) is 6.45. The van der Waals surface area contributed by atoms with Gasteiger partial charge in [0.2, 0.25) is 0 Å². The minimum Gasteiger partial charge on any atom is -0.461 e. The van der Waals surface area contributed by atoms with Crippen LogP contribution in [-0.4, -0.2) is 49.0 Å². The van der Waals surface area contributed by atoms with Crippen molar-refractivity contribution in [1.29, 1.82) is 0 Å². The van der Waals surface area contributed by atoms with Crippen LogP contribution in [-0.2, 0) is 14.3 Å². The van der Waals surface area contributed by atoms with Crippen molar-refractivity contribution in [2.75, 3.05) is 13.7 Å². The van der Waals surface area contributed by atoms with Crippen LogP contribution in [0, 0.1) is 0 Å². The van der Waals surface area contributed by atoms with Gasteiger partial charge in [-0.25, -0.2) is 14.0 Å². The molecule has 3 atom stereocenters. The fraction of sp³-hybridized carbons (Fsp3) is 0.250. The van der Waals surface area contributed by atoms with Crippen LogP contribution < -0.4 is 0 Å². The molecule has 2 aromatic rings. The van der Waals surface area contributed by atoms with Crippen molar-refractivity contribution in [3.63, 3.8) is 0 Å². The molecule has 8 heteroatoms.